The van der Waals surface area contributed by atoms with Gasteiger partial charge < -0.3 is 0 Å². The molecule has 1 aliphatic rings. The molecule has 0 bridgehead atoms. The molecular weight excluding hydrogens is 338 g/mol. The van der Waals surface area contributed by atoms with Crippen molar-refractivity contribution < 1.29 is 8.42 Å². The van der Waals surface area contributed by atoms with E-state index in [1.54, 1.807) is 18.2 Å². The summed E-state index contributed by atoms with van der Waals surface area (Å²) in [6.07, 6.45) is 6.67. The number of hydrogen-bond donors (Lipinski definition) is 1. The first-order valence-electron chi connectivity index (χ1n) is 7.29. The minimum Gasteiger partial charge on any atom is -0.208 e. The summed E-state index contributed by atoms with van der Waals surface area (Å²) in [6.45, 7) is 2.21. The molecule has 20 heavy (non-hydrogen) atoms. The quantitative estimate of drug-likeness (QED) is 0.860. The molecule has 0 saturated heterocycles. The Morgan fingerprint density at radius 1 is 1.20 bits per heavy atom. The third-order valence-corrected chi connectivity index (χ3v) is 6.52. The van der Waals surface area contributed by atoms with E-state index in [0.717, 1.165) is 31.6 Å². The SMILES string of the molecule is CCCC1CCC(NS(=O)(=O)c2ccccc2Br)CC1. The van der Waals surface area contributed by atoms with Gasteiger partial charge >= 0.3 is 0 Å². The molecule has 0 aliphatic heterocycles. The zero-order valence-electron chi connectivity index (χ0n) is 11.8. The highest BCUT2D eigenvalue weighted by atomic mass is 79.9. The van der Waals surface area contributed by atoms with Crippen LogP contribution < -0.4 is 4.72 Å². The van der Waals surface area contributed by atoms with Gasteiger partial charge in [0.2, 0.25) is 10.0 Å². The summed E-state index contributed by atoms with van der Waals surface area (Å²) in [5.41, 5.74) is 0. The molecule has 1 aromatic rings. The summed E-state index contributed by atoms with van der Waals surface area (Å²) in [6, 6.07) is 7.04. The van der Waals surface area contributed by atoms with Crippen LogP contribution in [0.4, 0.5) is 0 Å². The van der Waals surface area contributed by atoms with Gasteiger partial charge in [0.15, 0.2) is 0 Å². The van der Waals surface area contributed by atoms with Crippen LogP contribution >= 0.6 is 15.9 Å². The summed E-state index contributed by atoms with van der Waals surface area (Å²) in [4.78, 5) is 0.329. The van der Waals surface area contributed by atoms with Crippen LogP contribution in [0.25, 0.3) is 0 Å². The topological polar surface area (TPSA) is 46.2 Å². The molecule has 0 unspecified atom stereocenters. The predicted octanol–water partition coefficient (Wildman–Crippen LogP) is 4.09. The Balaban J connectivity index is 1.99. The van der Waals surface area contributed by atoms with Gasteiger partial charge in [-0.15, -0.1) is 0 Å². The predicted molar refractivity (Wildman–Crippen MR) is 85.1 cm³/mol. The Morgan fingerprint density at radius 3 is 2.45 bits per heavy atom. The van der Waals surface area contributed by atoms with Crippen molar-refractivity contribution in [2.45, 2.75) is 56.4 Å². The van der Waals surface area contributed by atoms with Gasteiger partial charge in [-0.2, -0.15) is 0 Å². The monoisotopic (exact) mass is 359 g/mol. The van der Waals surface area contributed by atoms with Crippen molar-refractivity contribution in [2.75, 3.05) is 0 Å². The van der Waals surface area contributed by atoms with E-state index in [-0.39, 0.29) is 6.04 Å². The molecule has 1 fully saturated rings. The highest BCUT2D eigenvalue weighted by Gasteiger charge is 2.26. The lowest BCUT2D eigenvalue weighted by molar-refractivity contribution is 0.297. The normalized spacial score (nSPS) is 23.7. The van der Waals surface area contributed by atoms with Crippen LogP contribution in [0.5, 0.6) is 0 Å². The van der Waals surface area contributed by atoms with Crippen LogP contribution in [-0.4, -0.2) is 14.5 Å². The molecule has 1 N–H and O–H groups in total. The standard InChI is InChI=1S/C15H22BrNO2S/c1-2-5-12-8-10-13(11-9-12)17-20(18,19)15-7-4-3-6-14(15)16/h3-4,6-7,12-13,17H,2,5,8-11H2,1H3. The average Bonchev–Trinajstić information content (AvgIpc) is 2.41. The highest BCUT2D eigenvalue weighted by Crippen LogP contribution is 2.29. The summed E-state index contributed by atoms with van der Waals surface area (Å²) in [5, 5.41) is 0. The fraction of sp³-hybridized carbons (Fsp3) is 0.600. The van der Waals surface area contributed by atoms with E-state index in [1.807, 2.05) is 6.07 Å². The molecule has 112 valence electrons. The van der Waals surface area contributed by atoms with E-state index in [9.17, 15) is 8.42 Å². The third kappa shape index (κ3) is 4.06. The summed E-state index contributed by atoms with van der Waals surface area (Å²) < 4.78 is 28.2. The van der Waals surface area contributed by atoms with E-state index in [4.69, 9.17) is 0 Å². The van der Waals surface area contributed by atoms with E-state index < -0.39 is 10.0 Å². The van der Waals surface area contributed by atoms with Crippen molar-refractivity contribution in [1.82, 2.24) is 4.72 Å². The lowest BCUT2D eigenvalue weighted by Crippen LogP contribution is -2.37. The molecule has 0 spiro atoms. The van der Waals surface area contributed by atoms with Gasteiger partial charge in [0.25, 0.3) is 0 Å². The van der Waals surface area contributed by atoms with Crippen LogP contribution in [-0.2, 0) is 10.0 Å². The molecule has 0 atom stereocenters. The molecule has 0 heterocycles. The molecule has 5 heteroatoms. The van der Waals surface area contributed by atoms with Gasteiger partial charge in [-0.25, -0.2) is 13.1 Å². The van der Waals surface area contributed by atoms with Crippen LogP contribution in [0.2, 0.25) is 0 Å². The van der Waals surface area contributed by atoms with E-state index in [1.165, 1.54) is 12.8 Å². The van der Waals surface area contributed by atoms with E-state index in [0.29, 0.717) is 9.37 Å². The van der Waals surface area contributed by atoms with Gasteiger partial charge in [0, 0.05) is 10.5 Å². The van der Waals surface area contributed by atoms with Gasteiger partial charge in [-0.1, -0.05) is 31.9 Å². The summed E-state index contributed by atoms with van der Waals surface area (Å²) in [7, 11) is -3.42. The maximum atomic E-state index is 12.4. The fourth-order valence-electron chi connectivity index (χ4n) is 2.92. The zero-order valence-corrected chi connectivity index (χ0v) is 14.2. The van der Waals surface area contributed by atoms with Crippen LogP contribution in [0.15, 0.2) is 33.6 Å². The van der Waals surface area contributed by atoms with Crippen LogP contribution in [0, 0.1) is 5.92 Å². The second kappa shape index (κ2) is 7.05. The van der Waals surface area contributed by atoms with E-state index in [2.05, 4.69) is 27.6 Å². The second-order valence-corrected chi connectivity index (χ2v) is 8.09. The van der Waals surface area contributed by atoms with Crippen molar-refractivity contribution in [3.63, 3.8) is 0 Å². The number of rotatable bonds is 5. The molecule has 0 radical (unpaired) electrons. The Hall–Kier alpha value is -0.390. The van der Waals surface area contributed by atoms with Crippen molar-refractivity contribution in [1.29, 1.82) is 0 Å². The molecule has 1 saturated carbocycles. The molecule has 0 aromatic heterocycles. The molecule has 1 aromatic carbocycles. The number of nitrogens with one attached hydrogen (secondary N) is 1. The number of benzene rings is 1. The third-order valence-electron chi connectivity index (χ3n) is 3.99. The van der Waals surface area contributed by atoms with Crippen LogP contribution in [0.1, 0.15) is 45.4 Å². The smallest absolute Gasteiger partial charge is 0.208 e. The second-order valence-electron chi connectivity index (χ2n) is 5.56. The van der Waals surface area contributed by atoms with Crippen LogP contribution in [0.3, 0.4) is 0 Å². The van der Waals surface area contributed by atoms with Gasteiger partial charge in [0.1, 0.15) is 0 Å². The first-order chi connectivity index (χ1) is 9.53. The maximum absolute atomic E-state index is 12.4. The lowest BCUT2D eigenvalue weighted by Gasteiger charge is -2.28. The number of hydrogen-bond acceptors (Lipinski definition) is 2. The molecular formula is C15H22BrNO2S. The van der Waals surface area contributed by atoms with E-state index >= 15 is 0 Å². The maximum Gasteiger partial charge on any atom is 0.241 e. The van der Waals surface area contributed by atoms with Crippen molar-refractivity contribution >= 4 is 26.0 Å². The largest absolute Gasteiger partial charge is 0.241 e. The minimum absolute atomic E-state index is 0.0835. The Labute approximate surface area is 130 Å². The van der Waals surface area contributed by atoms with Gasteiger partial charge in [-0.3, -0.25) is 0 Å². The Kier molecular flexibility index (Phi) is 5.64. The van der Waals surface area contributed by atoms with Crippen molar-refractivity contribution in [3.05, 3.63) is 28.7 Å². The fourth-order valence-corrected chi connectivity index (χ4v) is 5.23. The number of halogens is 1. The molecule has 1 aliphatic carbocycles. The summed E-state index contributed by atoms with van der Waals surface area (Å²) in [5.74, 6) is 0.782. The van der Waals surface area contributed by atoms with Crippen molar-refractivity contribution in [3.8, 4) is 0 Å². The number of sulfonamides is 1. The Morgan fingerprint density at radius 2 is 1.85 bits per heavy atom. The lowest BCUT2D eigenvalue weighted by atomic mass is 9.84. The average molecular weight is 360 g/mol. The molecule has 0 amide bonds. The van der Waals surface area contributed by atoms with Crippen molar-refractivity contribution in [2.24, 2.45) is 5.92 Å². The Bertz CT molecular complexity index is 537. The molecule has 3 nitrogen and oxygen atoms in total. The summed E-state index contributed by atoms with van der Waals surface area (Å²) >= 11 is 3.31. The zero-order chi connectivity index (χ0) is 14.6. The first-order valence-corrected chi connectivity index (χ1v) is 9.57. The first kappa shape index (κ1) is 16.0. The van der Waals surface area contributed by atoms with Gasteiger partial charge in [-0.05, 0) is 59.7 Å². The molecule has 2 rings (SSSR count). The highest BCUT2D eigenvalue weighted by molar-refractivity contribution is 9.10. The van der Waals surface area contributed by atoms with Gasteiger partial charge in [0.05, 0.1) is 4.90 Å². The minimum atomic E-state index is -3.42.